The van der Waals surface area contributed by atoms with E-state index in [1.54, 1.807) is 30.3 Å². The Morgan fingerprint density at radius 1 is 1.07 bits per heavy atom. The zero-order valence-corrected chi connectivity index (χ0v) is 22.2. The lowest BCUT2D eigenvalue weighted by Gasteiger charge is -2.19. The SMILES string of the molecule is CC(C(=O)NCCON=C(N)N)c1ccc(NS(=O)(=O)Cc2ccc3ccccc3c2)c(=O)n1OC(=O)C(F)(F)F. The minimum atomic E-state index is -5.50. The molecule has 1 heterocycles. The fraction of sp³-hybridized carbons (Fsp3) is 0.250. The predicted octanol–water partition coefficient (Wildman–Crippen LogP) is 0.886. The van der Waals surface area contributed by atoms with E-state index in [2.05, 4.69) is 15.3 Å². The van der Waals surface area contributed by atoms with Crippen molar-refractivity contribution in [3.8, 4) is 0 Å². The summed E-state index contributed by atoms with van der Waals surface area (Å²) in [4.78, 5) is 46.1. The highest BCUT2D eigenvalue weighted by atomic mass is 32.2. The molecule has 3 aromatic rings. The highest BCUT2D eigenvalue weighted by molar-refractivity contribution is 7.91. The van der Waals surface area contributed by atoms with Gasteiger partial charge in [0, 0.05) is 0 Å². The lowest BCUT2D eigenvalue weighted by atomic mass is 10.1. The summed E-state index contributed by atoms with van der Waals surface area (Å²) in [5.74, 6) is -5.88. The quantitative estimate of drug-likeness (QED) is 0.107. The standard InChI is InChI=1S/C24H25F3N6O7S/c1-14(20(34)30-10-11-39-31-23(28)29)19-9-8-18(21(35)33(19)40-22(36)24(25,26)27)32-41(37,38)13-15-6-7-16-4-2-3-5-17(16)12-15/h2-9,12,14,32H,10-11,13H2,1H3,(H,30,34)(H4,28,29,31). The molecule has 0 bridgehead atoms. The average Bonchev–Trinajstić information content (AvgIpc) is 2.89. The predicted molar refractivity (Wildman–Crippen MR) is 142 cm³/mol. The molecule has 0 spiro atoms. The maximum Gasteiger partial charge on any atom is 0.493 e. The molecule has 1 atom stereocenters. The summed E-state index contributed by atoms with van der Waals surface area (Å²) >= 11 is 0. The van der Waals surface area contributed by atoms with Crippen LogP contribution in [0.1, 0.15) is 24.1 Å². The van der Waals surface area contributed by atoms with Crippen molar-refractivity contribution in [1.82, 2.24) is 10.0 Å². The number of guanidine groups is 1. The Balaban J connectivity index is 1.87. The van der Waals surface area contributed by atoms with Crippen LogP contribution in [0.2, 0.25) is 0 Å². The number of oxime groups is 1. The highest BCUT2D eigenvalue weighted by Gasteiger charge is 2.43. The first-order valence-electron chi connectivity index (χ1n) is 11.7. The highest BCUT2D eigenvalue weighted by Crippen LogP contribution is 2.21. The largest absolute Gasteiger partial charge is 0.493 e. The lowest BCUT2D eigenvalue weighted by molar-refractivity contribution is -0.200. The number of carbonyl (C=O) groups excluding carboxylic acids is 2. The molecule has 3 rings (SSSR count). The Morgan fingerprint density at radius 3 is 2.41 bits per heavy atom. The molecule has 13 nitrogen and oxygen atoms in total. The number of nitrogens with one attached hydrogen (secondary N) is 2. The molecule has 220 valence electrons. The lowest BCUT2D eigenvalue weighted by Crippen LogP contribution is -2.42. The Labute approximate surface area is 230 Å². The second-order valence-corrected chi connectivity index (χ2v) is 10.3. The Morgan fingerprint density at radius 2 is 1.76 bits per heavy atom. The van der Waals surface area contributed by atoms with Gasteiger partial charge in [-0.05, 0) is 40.5 Å². The molecular formula is C24H25F3N6O7S. The topological polar surface area (TPSA) is 197 Å². The van der Waals surface area contributed by atoms with Gasteiger partial charge in [-0.2, -0.15) is 13.2 Å². The second-order valence-electron chi connectivity index (χ2n) is 8.55. The van der Waals surface area contributed by atoms with Crippen LogP contribution in [-0.4, -0.2) is 50.3 Å². The van der Waals surface area contributed by atoms with Crippen LogP contribution in [0.25, 0.3) is 10.8 Å². The molecule has 0 aliphatic heterocycles. The van der Waals surface area contributed by atoms with E-state index in [0.717, 1.165) is 22.9 Å². The number of hydrogen-bond acceptors (Lipinski definition) is 8. The number of pyridine rings is 1. The van der Waals surface area contributed by atoms with Crippen molar-refractivity contribution in [2.75, 3.05) is 17.9 Å². The molecule has 1 unspecified atom stereocenters. The molecule has 1 aromatic heterocycles. The van der Waals surface area contributed by atoms with Crippen LogP contribution in [0.4, 0.5) is 18.9 Å². The number of halogens is 3. The van der Waals surface area contributed by atoms with Gasteiger partial charge in [0.25, 0.3) is 0 Å². The minimum Gasteiger partial charge on any atom is -0.391 e. The first kappa shape index (κ1) is 30.7. The number of aromatic nitrogens is 1. The van der Waals surface area contributed by atoms with Crippen molar-refractivity contribution in [3.63, 3.8) is 0 Å². The number of nitrogens with zero attached hydrogens (tertiary/aromatic N) is 2. The molecule has 1 amide bonds. The Hall–Kier alpha value is -4.80. The first-order valence-corrected chi connectivity index (χ1v) is 13.4. The maximum absolute atomic E-state index is 13.0. The van der Waals surface area contributed by atoms with Gasteiger partial charge in [-0.3, -0.25) is 14.3 Å². The number of alkyl halides is 3. The van der Waals surface area contributed by atoms with Crippen LogP contribution in [-0.2, 0) is 30.2 Å². The molecule has 0 aliphatic rings. The number of fused-ring (bicyclic) bond motifs is 1. The third-order valence-electron chi connectivity index (χ3n) is 5.41. The van der Waals surface area contributed by atoms with Gasteiger partial charge in [0.05, 0.1) is 23.9 Å². The summed E-state index contributed by atoms with van der Waals surface area (Å²) in [6.07, 6.45) is -5.50. The molecule has 0 saturated carbocycles. The first-order chi connectivity index (χ1) is 19.2. The van der Waals surface area contributed by atoms with E-state index >= 15 is 0 Å². The number of carbonyl (C=O) groups is 2. The second kappa shape index (κ2) is 12.6. The third-order valence-corrected chi connectivity index (χ3v) is 6.66. The van der Waals surface area contributed by atoms with Crippen LogP contribution >= 0.6 is 0 Å². The fourth-order valence-electron chi connectivity index (χ4n) is 3.54. The molecule has 0 aliphatic carbocycles. The van der Waals surface area contributed by atoms with E-state index in [4.69, 9.17) is 16.3 Å². The number of sulfonamides is 1. The summed E-state index contributed by atoms with van der Waals surface area (Å²) in [6, 6.07) is 14.0. The van der Waals surface area contributed by atoms with Crippen molar-refractivity contribution < 1.29 is 40.9 Å². The molecule has 0 radical (unpaired) electrons. The van der Waals surface area contributed by atoms with Crippen LogP contribution < -0.4 is 31.9 Å². The van der Waals surface area contributed by atoms with E-state index < -0.39 is 56.7 Å². The Kier molecular flexibility index (Phi) is 9.43. The van der Waals surface area contributed by atoms with Crippen molar-refractivity contribution in [3.05, 3.63) is 76.2 Å². The van der Waals surface area contributed by atoms with Crippen molar-refractivity contribution in [1.29, 1.82) is 0 Å². The van der Waals surface area contributed by atoms with Crippen LogP contribution in [0.15, 0.2) is 64.5 Å². The number of nitrogens with two attached hydrogens (primary N) is 2. The number of benzene rings is 2. The van der Waals surface area contributed by atoms with Gasteiger partial charge >= 0.3 is 17.7 Å². The molecular weight excluding hydrogens is 573 g/mol. The fourth-order valence-corrected chi connectivity index (χ4v) is 4.72. The normalized spacial score (nSPS) is 12.3. The van der Waals surface area contributed by atoms with Gasteiger partial charge in [-0.15, -0.1) is 4.73 Å². The van der Waals surface area contributed by atoms with Crippen molar-refractivity contribution >= 4 is 44.3 Å². The van der Waals surface area contributed by atoms with Gasteiger partial charge in [-0.1, -0.05) is 42.5 Å². The molecule has 0 saturated heterocycles. The number of rotatable bonds is 11. The monoisotopic (exact) mass is 598 g/mol. The average molecular weight is 599 g/mol. The van der Waals surface area contributed by atoms with E-state index in [-0.39, 0.29) is 23.8 Å². The van der Waals surface area contributed by atoms with E-state index in [1.807, 2.05) is 16.9 Å². The van der Waals surface area contributed by atoms with Crippen LogP contribution in [0.5, 0.6) is 0 Å². The summed E-state index contributed by atoms with van der Waals surface area (Å²) in [6.45, 7) is 0.895. The summed E-state index contributed by atoms with van der Waals surface area (Å²) in [5.41, 5.74) is 7.88. The maximum atomic E-state index is 13.0. The number of anilines is 1. The molecule has 41 heavy (non-hydrogen) atoms. The molecule has 0 fully saturated rings. The Bertz CT molecular complexity index is 1640. The van der Waals surface area contributed by atoms with Gasteiger partial charge in [0.2, 0.25) is 21.9 Å². The van der Waals surface area contributed by atoms with Gasteiger partial charge in [-0.25, -0.2) is 13.2 Å². The van der Waals surface area contributed by atoms with Crippen molar-refractivity contribution in [2.45, 2.75) is 24.8 Å². The van der Waals surface area contributed by atoms with Gasteiger partial charge in [0.15, 0.2) is 0 Å². The van der Waals surface area contributed by atoms with Crippen LogP contribution in [0.3, 0.4) is 0 Å². The van der Waals surface area contributed by atoms with E-state index in [0.29, 0.717) is 5.56 Å². The minimum absolute atomic E-state index is 0.0795. The summed E-state index contributed by atoms with van der Waals surface area (Å²) in [7, 11) is -4.27. The van der Waals surface area contributed by atoms with Gasteiger partial charge in [0.1, 0.15) is 12.3 Å². The number of hydrogen-bond donors (Lipinski definition) is 4. The van der Waals surface area contributed by atoms with Crippen LogP contribution in [0, 0.1) is 0 Å². The van der Waals surface area contributed by atoms with Crippen molar-refractivity contribution in [2.24, 2.45) is 16.6 Å². The summed E-state index contributed by atoms with van der Waals surface area (Å²) in [5, 5.41) is 7.24. The molecule has 2 aromatic carbocycles. The third kappa shape index (κ3) is 8.34. The molecule has 17 heteroatoms. The zero-order chi connectivity index (χ0) is 30.4. The zero-order valence-electron chi connectivity index (χ0n) is 21.3. The smallest absolute Gasteiger partial charge is 0.391 e. The number of amides is 1. The van der Waals surface area contributed by atoms with Gasteiger partial charge < -0.3 is 26.5 Å². The van der Waals surface area contributed by atoms with E-state index in [9.17, 15) is 36.0 Å². The summed E-state index contributed by atoms with van der Waals surface area (Å²) < 4.78 is 66.5. The molecule has 6 N–H and O–H groups in total. The van der Waals surface area contributed by atoms with E-state index in [1.165, 1.54) is 6.92 Å².